The quantitative estimate of drug-likeness (QED) is 0.514. The summed E-state index contributed by atoms with van der Waals surface area (Å²) in [4.78, 5) is 43.3. The van der Waals surface area contributed by atoms with Crippen molar-refractivity contribution in [2.24, 2.45) is 0 Å². The van der Waals surface area contributed by atoms with Crippen molar-refractivity contribution in [3.8, 4) is 5.69 Å². The Kier molecular flexibility index (Phi) is 6.52. The molecular weight excluding hydrogens is 491 g/mol. The van der Waals surface area contributed by atoms with Gasteiger partial charge in [0.15, 0.2) is 5.65 Å². The van der Waals surface area contributed by atoms with Crippen LogP contribution >= 0.6 is 0 Å². The summed E-state index contributed by atoms with van der Waals surface area (Å²) in [5.41, 5.74) is -2.92. The van der Waals surface area contributed by atoms with Crippen molar-refractivity contribution in [3.05, 3.63) is 63.9 Å². The van der Waals surface area contributed by atoms with Gasteiger partial charge in [0.25, 0.3) is 11.8 Å². The van der Waals surface area contributed by atoms with Gasteiger partial charge in [0.05, 0.1) is 5.39 Å². The number of aliphatic hydroxyl groups excluding tert-OH is 1. The molecule has 0 spiro atoms. The fraction of sp³-hybridized carbons (Fsp3) is 0.304. The van der Waals surface area contributed by atoms with Crippen LogP contribution in [0.3, 0.4) is 0 Å². The Morgan fingerprint density at radius 2 is 1.86 bits per heavy atom. The lowest BCUT2D eigenvalue weighted by Gasteiger charge is -2.21. The number of rotatable bonds is 5. The van der Waals surface area contributed by atoms with E-state index >= 15 is 0 Å². The average Bonchev–Trinajstić information content (AvgIpc) is 3.15. The molecule has 0 aliphatic carbocycles. The Balaban J connectivity index is 1.95. The van der Waals surface area contributed by atoms with Crippen LogP contribution in [0, 0.1) is 11.6 Å². The number of pyridine rings is 2. The zero-order valence-electron chi connectivity index (χ0n) is 18.6. The molecule has 8 nitrogen and oxygen atoms in total. The van der Waals surface area contributed by atoms with E-state index < -0.39 is 64.9 Å². The summed E-state index contributed by atoms with van der Waals surface area (Å²) in [6.07, 6.45) is -5.74. The van der Waals surface area contributed by atoms with Gasteiger partial charge in [0.2, 0.25) is 5.43 Å². The van der Waals surface area contributed by atoms with E-state index in [1.165, 1.54) is 13.0 Å². The number of hydrogen-bond donors (Lipinski definition) is 2. The Morgan fingerprint density at radius 3 is 2.42 bits per heavy atom. The van der Waals surface area contributed by atoms with E-state index in [0.717, 1.165) is 33.7 Å². The van der Waals surface area contributed by atoms with Gasteiger partial charge in [-0.2, -0.15) is 13.2 Å². The lowest BCUT2D eigenvalue weighted by Crippen LogP contribution is -2.46. The van der Waals surface area contributed by atoms with Gasteiger partial charge < -0.3 is 10.4 Å². The lowest BCUT2D eigenvalue weighted by molar-refractivity contribution is -0.153. The number of hydrogen-bond acceptors (Lipinski definition) is 5. The fourth-order valence-electron chi connectivity index (χ4n) is 3.94. The molecule has 2 atom stereocenters. The van der Waals surface area contributed by atoms with Crippen molar-refractivity contribution < 1.29 is 36.6 Å². The molecule has 190 valence electrons. The molecule has 0 saturated carbocycles. The Bertz CT molecular complexity index is 1400. The van der Waals surface area contributed by atoms with Crippen LogP contribution in [0.4, 0.5) is 27.8 Å². The number of amides is 2. The largest absolute Gasteiger partial charge is 0.408 e. The molecule has 0 bridgehead atoms. The maximum absolute atomic E-state index is 14.7. The molecule has 36 heavy (non-hydrogen) atoms. The van der Waals surface area contributed by atoms with Crippen LogP contribution in [-0.2, 0) is 4.79 Å². The Morgan fingerprint density at radius 1 is 1.19 bits per heavy atom. The summed E-state index contributed by atoms with van der Waals surface area (Å²) in [6, 6.07) is 3.00. The number of carbonyl (C=O) groups is 2. The van der Waals surface area contributed by atoms with Gasteiger partial charge in [0, 0.05) is 19.2 Å². The number of anilines is 1. The molecule has 2 aromatic heterocycles. The molecule has 2 unspecified atom stereocenters. The zero-order chi connectivity index (χ0) is 26.4. The minimum atomic E-state index is -4.79. The van der Waals surface area contributed by atoms with Crippen molar-refractivity contribution >= 4 is 28.7 Å². The van der Waals surface area contributed by atoms with Gasteiger partial charge in [-0.1, -0.05) is 13.0 Å². The van der Waals surface area contributed by atoms with Crippen LogP contribution in [0.2, 0.25) is 0 Å². The minimum Gasteiger partial charge on any atom is -0.383 e. The Labute approximate surface area is 200 Å². The molecule has 1 fully saturated rings. The number of nitrogens with zero attached hydrogens (tertiary/aromatic N) is 3. The third-order valence-electron chi connectivity index (χ3n) is 5.82. The van der Waals surface area contributed by atoms with E-state index in [4.69, 9.17) is 0 Å². The maximum atomic E-state index is 14.7. The van der Waals surface area contributed by atoms with E-state index in [1.807, 2.05) is 0 Å². The number of alkyl halides is 3. The van der Waals surface area contributed by atoms with E-state index in [1.54, 1.807) is 5.32 Å². The van der Waals surface area contributed by atoms with Gasteiger partial charge in [-0.15, -0.1) is 0 Å². The summed E-state index contributed by atoms with van der Waals surface area (Å²) in [6.45, 7) is 1.28. The molecule has 4 rings (SSSR count). The Hall–Kier alpha value is -3.87. The first-order valence-corrected chi connectivity index (χ1v) is 10.8. The van der Waals surface area contributed by atoms with E-state index in [2.05, 4.69) is 4.98 Å². The number of benzene rings is 1. The lowest BCUT2D eigenvalue weighted by atomic mass is 10.1. The monoisotopic (exact) mass is 510 g/mol. The summed E-state index contributed by atoms with van der Waals surface area (Å²) in [5, 5.41) is 11.1. The van der Waals surface area contributed by atoms with Gasteiger partial charge in [-0.25, -0.2) is 13.8 Å². The van der Waals surface area contributed by atoms with Crippen molar-refractivity contribution in [1.29, 1.82) is 0 Å². The standard InChI is InChI=1S/C23H19F5N4O4/c1-2-16(23(26,27)28)29-21(35)12-10-32(18-13(24)4-3-5-14(18)25)20-11(19(12)34)6-7-17(30-20)31-9-8-15(33)22(31)36/h3-7,10,15-16,33H,2,8-9H2,1H3,(H,29,35). The predicted molar refractivity (Wildman–Crippen MR) is 118 cm³/mol. The third-order valence-corrected chi connectivity index (χ3v) is 5.82. The van der Waals surface area contributed by atoms with E-state index in [0.29, 0.717) is 6.20 Å². The van der Waals surface area contributed by atoms with Gasteiger partial charge in [0.1, 0.15) is 40.8 Å². The van der Waals surface area contributed by atoms with Crippen LogP contribution in [-0.4, -0.2) is 51.3 Å². The highest BCUT2D eigenvalue weighted by Crippen LogP contribution is 2.27. The van der Waals surface area contributed by atoms with Crippen molar-refractivity contribution in [3.63, 3.8) is 0 Å². The van der Waals surface area contributed by atoms with Crippen LogP contribution in [0.25, 0.3) is 16.7 Å². The first-order chi connectivity index (χ1) is 16.9. The molecular formula is C23H19F5N4O4. The second kappa shape index (κ2) is 9.30. The van der Waals surface area contributed by atoms with E-state index in [9.17, 15) is 41.4 Å². The number of fused-ring (bicyclic) bond motifs is 1. The topological polar surface area (TPSA) is 105 Å². The molecule has 2 amide bonds. The molecule has 1 aromatic carbocycles. The smallest absolute Gasteiger partial charge is 0.383 e. The molecule has 0 radical (unpaired) electrons. The van der Waals surface area contributed by atoms with Crippen molar-refractivity contribution in [2.75, 3.05) is 11.4 Å². The molecule has 2 N–H and O–H groups in total. The SMILES string of the molecule is CCC(NC(=O)c1cn(-c2c(F)cccc2F)c2nc(N3CCC(O)C3=O)ccc2c1=O)C(F)(F)F. The minimum absolute atomic E-state index is 0.0331. The summed E-state index contributed by atoms with van der Waals surface area (Å²) in [5.74, 6) is -4.30. The normalized spacial score (nSPS) is 17.0. The molecule has 3 aromatic rings. The number of carbonyl (C=O) groups excluding carboxylic acids is 2. The van der Waals surface area contributed by atoms with Crippen LogP contribution in [0.5, 0.6) is 0 Å². The third kappa shape index (κ3) is 4.41. The zero-order valence-corrected chi connectivity index (χ0v) is 18.6. The second-order valence-corrected chi connectivity index (χ2v) is 8.12. The first kappa shape index (κ1) is 25.2. The number of nitrogens with one attached hydrogen (secondary N) is 1. The highest BCUT2D eigenvalue weighted by atomic mass is 19.4. The average molecular weight is 510 g/mol. The molecule has 3 heterocycles. The number of para-hydroxylation sites is 1. The molecule has 1 aliphatic rings. The summed E-state index contributed by atoms with van der Waals surface area (Å²) in [7, 11) is 0. The summed E-state index contributed by atoms with van der Waals surface area (Å²) < 4.78 is 69.8. The maximum Gasteiger partial charge on any atom is 0.408 e. The van der Waals surface area contributed by atoms with E-state index in [-0.39, 0.29) is 29.8 Å². The highest BCUT2D eigenvalue weighted by Gasteiger charge is 2.40. The van der Waals surface area contributed by atoms with Crippen molar-refractivity contribution in [2.45, 2.75) is 38.1 Å². The van der Waals surface area contributed by atoms with Gasteiger partial charge in [-0.3, -0.25) is 23.9 Å². The van der Waals surface area contributed by atoms with Crippen LogP contribution in [0.15, 0.2) is 41.3 Å². The van der Waals surface area contributed by atoms with Gasteiger partial charge in [-0.05, 0) is 30.7 Å². The predicted octanol–water partition coefficient (Wildman–Crippen LogP) is 2.83. The van der Waals surface area contributed by atoms with Crippen LogP contribution < -0.4 is 15.6 Å². The molecule has 1 aliphatic heterocycles. The number of halogens is 5. The number of aliphatic hydroxyl groups is 1. The van der Waals surface area contributed by atoms with Crippen molar-refractivity contribution in [1.82, 2.24) is 14.9 Å². The molecule has 1 saturated heterocycles. The van der Waals surface area contributed by atoms with Gasteiger partial charge >= 0.3 is 6.18 Å². The fourth-order valence-corrected chi connectivity index (χ4v) is 3.94. The highest BCUT2D eigenvalue weighted by molar-refractivity contribution is 6.00. The van der Waals surface area contributed by atoms with Crippen LogP contribution in [0.1, 0.15) is 30.1 Å². The second-order valence-electron chi connectivity index (χ2n) is 8.12. The molecule has 13 heteroatoms. The summed E-state index contributed by atoms with van der Waals surface area (Å²) >= 11 is 0. The number of aromatic nitrogens is 2. The first-order valence-electron chi connectivity index (χ1n) is 10.8.